The Kier molecular flexibility index (Phi) is 7.73. The summed E-state index contributed by atoms with van der Waals surface area (Å²) in [6, 6.07) is 23.3. The molecule has 1 aromatic heterocycles. The van der Waals surface area contributed by atoms with E-state index in [9.17, 15) is 14.4 Å². The van der Waals surface area contributed by atoms with Gasteiger partial charge in [0, 0.05) is 27.4 Å². The molecule has 0 spiro atoms. The van der Waals surface area contributed by atoms with E-state index in [-0.39, 0.29) is 17.2 Å². The topological polar surface area (TPSA) is 68.2 Å². The van der Waals surface area contributed by atoms with E-state index in [0.29, 0.717) is 26.9 Å². The number of rotatable bonds is 7. The van der Waals surface area contributed by atoms with Crippen LogP contribution in [0.2, 0.25) is 10.0 Å². The highest BCUT2D eigenvalue weighted by atomic mass is 35.5. The highest BCUT2D eigenvalue weighted by Crippen LogP contribution is 2.20. The van der Waals surface area contributed by atoms with Gasteiger partial charge in [0.05, 0.1) is 12.1 Å². The first-order valence-corrected chi connectivity index (χ1v) is 12.2. The first kappa shape index (κ1) is 24.1. The Hall–Kier alpha value is -3.06. The fourth-order valence-corrected chi connectivity index (χ4v) is 4.68. The second-order valence-corrected chi connectivity index (χ2v) is 9.46. The van der Waals surface area contributed by atoms with Crippen LogP contribution in [0.3, 0.4) is 0 Å². The molecule has 8 heteroatoms. The summed E-state index contributed by atoms with van der Waals surface area (Å²) in [6.45, 7) is 0.000888. The predicted molar refractivity (Wildman–Crippen MR) is 139 cm³/mol. The molecular weight excluding hydrogens is 491 g/mol. The molecule has 0 radical (unpaired) electrons. The number of pyridine rings is 1. The third-order valence-corrected chi connectivity index (χ3v) is 6.76. The average Bonchev–Trinajstić information content (AvgIpc) is 2.84. The minimum absolute atomic E-state index is 0.000888. The molecular formula is C26H20Cl2N2O3S. The van der Waals surface area contributed by atoms with Crippen molar-refractivity contribution in [3.8, 4) is 0 Å². The number of thioether (sulfide) groups is 1. The summed E-state index contributed by atoms with van der Waals surface area (Å²) in [6.07, 6.45) is 0. The number of halogens is 2. The molecule has 0 bridgehead atoms. The molecule has 1 amide bonds. The Morgan fingerprint density at radius 1 is 0.882 bits per heavy atom. The van der Waals surface area contributed by atoms with Gasteiger partial charge < -0.3 is 9.88 Å². The Morgan fingerprint density at radius 3 is 2.41 bits per heavy atom. The van der Waals surface area contributed by atoms with Gasteiger partial charge in [-0.05, 0) is 59.5 Å². The van der Waals surface area contributed by atoms with Gasteiger partial charge in [0.1, 0.15) is 6.04 Å². The van der Waals surface area contributed by atoms with E-state index in [2.05, 4.69) is 5.32 Å². The van der Waals surface area contributed by atoms with Gasteiger partial charge in [0.25, 0.3) is 11.5 Å². The molecule has 3 aromatic carbocycles. The summed E-state index contributed by atoms with van der Waals surface area (Å²) in [7, 11) is 0. The van der Waals surface area contributed by atoms with E-state index in [1.54, 1.807) is 42.5 Å². The molecule has 0 aliphatic carbocycles. The summed E-state index contributed by atoms with van der Waals surface area (Å²) in [5, 5.41) is 4.49. The number of nitrogens with zero attached hydrogens (tertiary/aromatic N) is 1. The zero-order valence-electron chi connectivity index (χ0n) is 17.9. The fourth-order valence-electron chi connectivity index (χ4n) is 3.52. The van der Waals surface area contributed by atoms with Gasteiger partial charge in [-0.3, -0.25) is 14.4 Å². The smallest absolute Gasteiger partial charge is 0.251 e. The lowest BCUT2D eigenvalue weighted by atomic mass is 10.2. The highest BCUT2D eigenvalue weighted by molar-refractivity contribution is 8.13. The zero-order chi connectivity index (χ0) is 24.1. The number of carbonyl (C=O) groups is 2. The minimum atomic E-state index is -0.934. The molecule has 0 aliphatic heterocycles. The van der Waals surface area contributed by atoms with Crippen LogP contribution in [0.5, 0.6) is 0 Å². The van der Waals surface area contributed by atoms with Crippen molar-refractivity contribution in [1.29, 1.82) is 0 Å². The third kappa shape index (κ3) is 5.89. The molecule has 1 N–H and O–H groups in total. The van der Waals surface area contributed by atoms with Crippen LogP contribution >= 0.6 is 35.0 Å². The van der Waals surface area contributed by atoms with Crippen molar-refractivity contribution < 1.29 is 9.59 Å². The summed E-state index contributed by atoms with van der Waals surface area (Å²) in [4.78, 5) is 38.9. The lowest BCUT2D eigenvalue weighted by Crippen LogP contribution is -2.44. The predicted octanol–water partition coefficient (Wildman–Crippen LogP) is 5.57. The van der Waals surface area contributed by atoms with Gasteiger partial charge in [0.15, 0.2) is 0 Å². The van der Waals surface area contributed by atoms with E-state index in [4.69, 9.17) is 23.2 Å². The van der Waals surface area contributed by atoms with E-state index in [1.165, 1.54) is 10.6 Å². The van der Waals surface area contributed by atoms with Gasteiger partial charge in [-0.2, -0.15) is 0 Å². The number of fused-ring (bicyclic) bond motifs is 1. The van der Waals surface area contributed by atoms with Crippen LogP contribution in [-0.2, 0) is 17.1 Å². The summed E-state index contributed by atoms with van der Waals surface area (Å²) in [5.41, 5.74) is 1.69. The lowest BCUT2D eigenvalue weighted by molar-refractivity contribution is -0.112. The molecule has 4 rings (SSSR count). The molecule has 1 atom stereocenters. The number of benzene rings is 3. The summed E-state index contributed by atoms with van der Waals surface area (Å²) >= 11 is 13.0. The monoisotopic (exact) mass is 510 g/mol. The SMILES string of the molecule is O=C(NC(Cn1c(=O)ccc2ccccc21)C(=O)SCc1cccc(Cl)c1)c1ccc(Cl)cc1. The van der Waals surface area contributed by atoms with E-state index in [0.717, 1.165) is 22.7 Å². The molecule has 1 heterocycles. The van der Waals surface area contributed by atoms with Crippen molar-refractivity contribution in [2.45, 2.75) is 18.3 Å². The molecule has 5 nitrogen and oxygen atoms in total. The van der Waals surface area contributed by atoms with Crippen molar-refractivity contribution >= 4 is 56.9 Å². The van der Waals surface area contributed by atoms with Gasteiger partial charge in [-0.25, -0.2) is 0 Å². The van der Waals surface area contributed by atoms with Crippen LogP contribution in [-0.4, -0.2) is 21.6 Å². The number of aromatic nitrogens is 1. The lowest BCUT2D eigenvalue weighted by Gasteiger charge is -2.20. The van der Waals surface area contributed by atoms with Crippen LogP contribution in [0.15, 0.2) is 89.7 Å². The summed E-state index contributed by atoms with van der Waals surface area (Å²) < 4.78 is 1.51. The van der Waals surface area contributed by atoms with Crippen molar-refractivity contribution in [3.05, 3.63) is 116 Å². The van der Waals surface area contributed by atoms with Crippen molar-refractivity contribution in [2.75, 3.05) is 0 Å². The van der Waals surface area contributed by atoms with Crippen LogP contribution in [0, 0.1) is 0 Å². The summed E-state index contributed by atoms with van der Waals surface area (Å²) in [5.74, 6) is -0.0383. The molecule has 0 fully saturated rings. The number of carbonyl (C=O) groups excluding carboxylic acids is 2. The molecule has 0 saturated heterocycles. The molecule has 0 aliphatic rings. The maximum Gasteiger partial charge on any atom is 0.251 e. The number of hydrogen-bond donors (Lipinski definition) is 1. The van der Waals surface area contributed by atoms with Crippen molar-refractivity contribution in [3.63, 3.8) is 0 Å². The highest BCUT2D eigenvalue weighted by Gasteiger charge is 2.24. The largest absolute Gasteiger partial charge is 0.339 e. The molecule has 1 unspecified atom stereocenters. The molecule has 172 valence electrons. The van der Waals surface area contributed by atoms with Crippen LogP contribution < -0.4 is 10.9 Å². The third-order valence-electron chi connectivity index (χ3n) is 5.23. The fraction of sp³-hybridized carbons (Fsp3) is 0.115. The maximum absolute atomic E-state index is 13.3. The van der Waals surface area contributed by atoms with E-state index < -0.39 is 11.9 Å². The van der Waals surface area contributed by atoms with Gasteiger partial charge in [-0.15, -0.1) is 0 Å². The average molecular weight is 511 g/mol. The first-order valence-electron chi connectivity index (χ1n) is 10.5. The number of amides is 1. The number of nitrogens with one attached hydrogen (secondary N) is 1. The second kappa shape index (κ2) is 10.9. The Morgan fingerprint density at radius 2 is 1.65 bits per heavy atom. The van der Waals surface area contributed by atoms with Gasteiger partial charge in [-0.1, -0.05) is 65.3 Å². The van der Waals surface area contributed by atoms with Crippen molar-refractivity contribution in [1.82, 2.24) is 9.88 Å². The van der Waals surface area contributed by atoms with Crippen LogP contribution in [0.1, 0.15) is 15.9 Å². The first-order chi connectivity index (χ1) is 16.4. The Labute approximate surface area is 210 Å². The van der Waals surface area contributed by atoms with Gasteiger partial charge >= 0.3 is 0 Å². The number of para-hydroxylation sites is 1. The quantitative estimate of drug-likeness (QED) is 0.353. The number of hydrogen-bond acceptors (Lipinski definition) is 4. The normalized spacial score (nSPS) is 11.8. The standard InChI is InChI=1S/C26H20Cl2N2O3S/c27-20-11-8-19(9-12-20)25(32)29-22(26(33)34-16-17-4-3-6-21(28)14-17)15-30-23-7-2-1-5-18(23)10-13-24(30)31/h1-14,22H,15-16H2,(H,29,32). The molecule has 4 aromatic rings. The Bertz CT molecular complexity index is 1400. The van der Waals surface area contributed by atoms with Crippen LogP contribution in [0.25, 0.3) is 10.9 Å². The van der Waals surface area contributed by atoms with Gasteiger partial charge in [0.2, 0.25) is 5.12 Å². The zero-order valence-corrected chi connectivity index (χ0v) is 20.2. The molecule has 34 heavy (non-hydrogen) atoms. The van der Waals surface area contributed by atoms with E-state index in [1.807, 2.05) is 36.4 Å². The van der Waals surface area contributed by atoms with Crippen LogP contribution in [0.4, 0.5) is 0 Å². The van der Waals surface area contributed by atoms with Crippen molar-refractivity contribution in [2.24, 2.45) is 0 Å². The minimum Gasteiger partial charge on any atom is -0.339 e. The second-order valence-electron chi connectivity index (χ2n) is 7.61. The van der Waals surface area contributed by atoms with E-state index >= 15 is 0 Å². The molecule has 0 saturated carbocycles. The Balaban J connectivity index is 1.61. The maximum atomic E-state index is 13.3.